The summed E-state index contributed by atoms with van der Waals surface area (Å²) in [4.78, 5) is 28.4. The van der Waals surface area contributed by atoms with Crippen molar-refractivity contribution in [1.29, 1.82) is 0 Å². The predicted octanol–water partition coefficient (Wildman–Crippen LogP) is 3.77. The van der Waals surface area contributed by atoms with Crippen molar-refractivity contribution in [1.82, 2.24) is 4.90 Å². The fourth-order valence-corrected chi connectivity index (χ4v) is 6.47. The Labute approximate surface area is 152 Å². The maximum absolute atomic E-state index is 13.3. The minimum atomic E-state index is -0.0781. The van der Waals surface area contributed by atoms with Gasteiger partial charge in [-0.2, -0.15) is 0 Å². The summed E-state index contributed by atoms with van der Waals surface area (Å²) in [6.45, 7) is 2.83. The number of hydrogen-bond acceptors (Lipinski definition) is 3. The molecule has 25 heavy (non-hydrogen) atoms. The summed E-state index contributed by atoms with van der Waals surface area (Å²) in [7, 11) is 0. The zero-order valence-corrected chi connectivity index (χ0v) is 15.3. The SMILES string of the molecule is CC1Sc2ccc(C(=O)N3CC4CC5CC(C4)CC3C5)cc2NC1=O. The summed E-state index contributed by atoms with van der Waals surface area (Å²) >= 11 is 1.56. The first kappa shape index (κ1) is 15.7. The maximum atomic E-state index is 13.3. The summed E-state index contributed by atoms with van der Waals surface area (Å²) in [5.74, 6) is 2.53. The van der Waals surface area contributed by atoms with Crippen LogP contribution in [0.3, 0.4) is 0 Å². The fraction of sp³-hybridized carbons (Fsp3) is 0.600. The fourth-order valence-electron chi connectivity index (χ4n) is 5.54. The first-order chi connectivity index (χ1) is 12.1. The van der Waals surface area contributed by atoms with Gasteiger partial charge in [0.2, 0.25) is 5.91 Å². The molecule has 2 saturated carbocycles. The molecule has 132 valence electrons. The van der Waals surface area contributed by atoms with E-state index < -0.39 is 0 Å². The number of benzene rings is 1. The van der Waals surface area contributed by atoms with Crippen molar-refractivity contribution in [2.45, 2.75) is 55.2 Å². The van der Waals surface area contributed by atoms with Gasteiger partial charge in [-0.05, 0) is 75.0 Å². The largest absolute Gasteiger partial charge is 0.335 e. The van der Waals surface area contributed by atoms with E-state index in [0.29, 0.717) is 12.0 Å². The lowest BCUT2D eigenvalue weighted by Gasteiger charge is -2.39. The van der Waals surface area contributed by atoms with Crippen LogP contribution in [0.15, 0.2) is 23.1 Å². The van der Waals surface area contributed by atoms with Gasteiger partial charge in [-0.3, -0.25) is 9.59 Å². The minimum Gasteiger partial charge on any atom is -0.335 e. The molecule has 4 bridgehead atoms. The van der Waals surface area contributed by atoms with Gasteiger partial charge in [-0.1, -0.05) is 0 Å². The van der Waals surface area contributed by atoms with Gasteiger partial charge in [0.15, 0.2) is 0 Å². The summed E-state index contributed by atoms with van der Waals surface area (Å²) in [5, 5.41) is 2.87. The molecule has 3 unspecified atom stereocenters. The quantitative estimate of drug-likeness (QED) is 0.833. The van der Waals surface area contributed by atoms with Crippen LogP contribution in [0.5, 0.6) is 0 Å². The maximum Gasteiger partial charge on any atom is 0.254 e. The molecule has 1 aromatic carbocycles. The van der Waals surface area contributed by atoms with E-state index in [-0.39, 0.29) is 17.1 Å². The molecule has 0 aromatic heterocycles. The van der Waals surface area contributed by atoms with Crippen molar-refractivity contribution in [3.63, 3.8) is 0 Å². The zero-order chi connectivity index (χ0) is 17.1. The van der Waals surface area contributed by atoms with Crippen LogP contribution in [0.2, 0.25) is 0 Å². The minimum absolute atomic E-state index is 0.0211. The highest BCUT2D eigenvalue weighted by Gasteiger charge is 2.44. The van der Waals surface area contributed by atoms with Gasteiger partial charge in [0.1, 0.15) is 0 Å². The van der Waals surface area contributed by atoms with Gasteiger partial charge in [0.25, 0.3) is 5.91 Å². The van der Waals surface area contributed by atoms with E-state index in [1.54, 1.807) is 11.8 Å². The molecule has 4 fully saturated rings. The van der Waals surface area contributed by atoms with E-state index in [2.05, 4.69) is 10.2 Å². The molecular weight excluding hydrogens is 332 g/mol. The molecule has 1 N–H and O–H groups in total. The number of carbonyl (C=O) groups is 2. The average molecular weight is 356 g/mol. The van der Waals surface area contributed by atoms with Gasteiger partial charge in [-0.25, -0.2) is 0 Å². The second-order valence-corrected chi connectivity index (χ2v) is 9.73. The molecule has 2 aliphatic carbocycles. The second-order valence-electron chi connectivity index (χ2n) is 8.35. The molecule has 3 atom stereocenters. The predicted molar refractivity (Wildman–Crippen MR) is 98.8 cm³/mol. The Morgan fingerprint density at radius 1 is 1.12 bits per heavy atom. The van der Waals surface area contributed by atoms with Crippen LogP contribution in [0.25, 0.3) is 0 Å². The van der Waals surface area contributed by atoms with Crippen LogP contribution in [-0.4, -0.2) is 34.6 Å². The lowest BCUT2D eigenvalue weighted by Crippen LogP contribution is -2.42. The van der Waals surface area contributed by atoms with E-state index in [1.165, 1.54) is 32.1 Å². The Balaban J connectivity index is 1.43. The first-order valence-corrected chi connectivity index (χ1v) is 10.4. The normalized spacial score (nSPS) is 36.0. The number of rotatable bonds is 1. The van der Waals surface area contributed by atoms with Gasteiger partial charge in [0, 0.05) is 23.0 Å². The molecular formula is C20H24N2O2S. The summed E-state index contributed by atoms with van der Waals surface area (Å²) in [6.07, 6.45) is 6.38. The van der Waals surface area contributed by atoms with Crippen LogP contribution in [0.4, 0.5) is 5.69 Å². The molecule has 0 spiro atoms. The average Bonchev–Trinajstić information content (AvgIpc) is 2.78. The molecule has 5 heteroatoms. The molecule has 3 heterocycles. The Morgan fingerprint density at radius 3 is 2.60 bits per heavy atom. The highest BCUT2D eigenvalue weighted by atomic mass is 32.2. The van der Waals surface area contributed by atoms with Gasteiger partial charge in [-0.15, -0.1) is 11.8 Å². The van der Waals surface area contributed by atoms with Crippen molar-refractivity contribution < 1.29 is 9.59 Å². The van der Waals surface area contributed by atoms with E-state index in [1.807, 2.05) is 25.1 Å². The number of hydrogen-bond donors (Lipinski definition) is 1. The Bertz CT molecular complexity index is 735. The second kappa shape index (κ2) is 5.76. The van der Waals surface area contributed by atoms with Crippen LogP contribution >= 0.6 is 11.8 Å². The summed E-state index contributed by atoms with van der Waals surface area (Å²) < 4.78 is 0. The zero-order valence-electron chi connectivity index (χ0n) is 14.5. The molecule has 5 aliphatic rings. The highest BCUT2D eigenvalue weighted by Crippen LogP contribution is 2.48. The number of nitrogens with one attached hydrogen (secondary N) is 1. The van der Waals surface area contributed by atoms with Crippen molar-refractivity contribution in [2.24, 2.45) is 17.8 Å². The number of thioether (sulfide) groups is 1. The smallest absolute Gasteiger partial charge is 0.254 e. The van der Waals surface area contributed by atoms with Crippen LogP contribution in [0, 0.1) is 17.8 Å². The topological polar surface area (TPSA) is 49.4 Å². The van der Waals surface area contributed by atoms with E-state index in [4.69, 9.17) is 0 Å². The standard InChI is InChI=1S/C20H24N2O2S/c1-11-19(23)21-17-9-15(2-3-18(17)25-11)20(24)22-10-14-5-12-4-13(6-14)8-16(22)7-12/h2-3,9,11-14,16H,4-8,10H2,1H3,(H,21,23). The van der Waals surface area contributed by atoms with Crippen LogP contribution in [0.1, 0.15) is 49.4 Å². The highest BCUT2D eigenvalue weighted by molar-refractivity contribution is 8.00. The first-order valence-electron chi connectivity index (χ1n) is 9.49. The third kappa shape index (κ3) is 2.67. The van der Waals surface area contributed by atoms with Crippen LogP contribution in [-0.2, 0) is 4.79 Å². The third-order valence-corrected chi connectivity index (χ3v) is 7.70. The Kier molecular flexibility index (Phi) is 3.63. The number of anilines is 1. The third-order valence-electron chi connectivity index (χ3n) is 6.52. The Hall–Kier alpha value is -1.49. The van der Waals surface area contributed by atoms with Crippen molar-refractivity contribution >= 4 is 29.3 Å². The molecule has 2 amide bonds. The van der Waals surface area contributed by atoms with Crippen molar-refractivity contribution in [3.8, 4) is 0 Å². The molecule has 6 rings (SSSR count). The van der Waals surface area contributed by atoms with Crippen LogP contribution < -0.4 is 5.32 Å². The number of nitrogens with zero attached hydrogens (tertiary/aromatic N) is 1. The number of fused-ring (bicyclic) bond motifs is 2. The lowest BCUT2D eigenvalue weighted by atomic mass is 9.68. The van der Waals surface area contributed by atoms with E-state index >= 15 is 0 Å². The molecule has 2 saturated heterocycles. The van der Waals surface area contributed by atoms with Gasteiger partial charge >= 0.3 is 0 Å². The van der Waals surface area contributed by atoms with E-state index in [9.17, 15) is 9.59 Å². The molecule has 3 aliphatic heterocycles. The molecule has 4 nitrogen and oxygen atoms in total. The molecule has 1 aromatic rings. The lowest BCUT2D eigenvalue weighted by molar-refractivity contribution is -0.115. The van der Waals surface area contributed by atoms with E-state index in [0.717, 1.165) is 34.5 Å². The monoisotopic (exact) mass is 356 g/mol. The van der Waals surface area contributed by atoms with Crippen molar-refractivity contribution in [3.05, 3.63) is 23.8 Å². The van der Waals surface area contributed by atoms with Crippen molar-refractivity contribution in [2.75, 3.05) is 11.9 Å². The summed E-state index contributed by atoms with van der Waals surface area (Å²) in [6, 6.07) is 6.23. The van der Waals surface area contributed by atoms with Gasteiger partial charge in [0.05, 0.1) is 10.9 Å². The number of carbonyl (C=O) groups excluding carboxylic acids is 2. The number of amides is 2. The Morgan fingerprint density at radius 2 is 1.84 bits per heavy atom. The summed E-state index contributed by atoms with van der Waals surface area (Å²) in [5.41, 5.74) is 1.51. The molecule has 0 radical (unpaired) electrons. The van der Waals surface area contributed by atoms with Gasteiger partial charge < -0.3 is 10.2 Å².